The highest BCUT2D eigenvalue weighted by atomic mass is 35.5. The van der Waals surface area contributed by atoms with Crippen molar-refractivity contribution in [3.05, 3.63) is 93.5 Å². The molecule has 3 rings (SSSR count). The van der Waals surface area contributed by atoms with E-state index in [0.717, 1.165) is 11.1 Å². The molecular weight excluding hydrogens is 443 g/mol. The number of halogens is 2. The molecule has 5 nitrogen and oxygen atoms in total. The van der Waals surface area contributed by atoms with Crippen LogP contribution in [0.4, 0.5) is 5.69 Å². The van der Waals surface area contributed by atoms with Crippen molar-refractivity contribution >= 4 is 44.8 Å². The first kappa shape index (κ1) is 22.2. The maximum atomic E-state index is 12.8. The zero-order chi connectivity index (χ0) is 21.9. The van der Waals surface area contributed by atoms with Crippen LogP contribution in [0, 0.1) is 6.92 Å². The number of aryl methyl sites for hydroxylation is 1. The van der Waals surface area contributed by atoms with Gasteiger partial charge in [0.2, 0.25) is 0 Å². The van der Waals surface area contributed by atoms with Crippen molar-refractivity contribution in [1.29, 1.82) is 0 Å². The van der Waals surface area contributed by atoms with Gasteiger partial charge in [0, 0.05) is 29.9 Å². The smallest absolute Gasteiger partial charge is 0.263 e. The Kier molecular flexibility index (Phi) is 6.71. The Balaban J connectivity index is 1.83. The molecule has 0 heterocycles. The first-order valence-corrected chi connectivity index (χ1v) is 11.3. The van der Waals surface area contributed by atoms with Crippen molar-refractivity contribution in [3.63, 3.8) is 0 Å². The van der Waals surface area contributed by atoms with E-state index in [4.69, 9.17) is 23.2 Å². The molecule has 0 bridgehead atoms. The summed E-state index contributed by atoms with van der Waals surface area (Å²) in [6.45, 7) is 2.26. The van der Waals surface area contributed by atoms with Crippen molar-refractivity contribution in [1.82, 2.24) is 4.90 Å². The van der Waals surface area contributed by atoms with Crippen molar-refractivity contribution in [2.45, 2.75) is 18.4 Å². The number of anilines is 1. The third-order valence-corrected chi connectivity index (χ3v) is 6.57. The number of nitrogens with zero attached hydrogens (tertiary/aromatic N) is 1. The van der Waals surface area contributed by atoms with E-state index in [1.807, 2.05) is 19.1 Å². The molecule has 156 valence electrons. The van der Waals surface area contributed by atoms with Crippen LogP contribution in [-0.2, 0) is 16.6 Å². The molecule has 0 aliphatic carbocycles. The third-order valence-electron chi connectivity index (χ3n) is 4.45. The molecule has 1 amide bonds. The summed E-state index contributed by atoms with van der Waals surface area (Å²) >= 11 is 12.0. The van der Waals surface area contributed by atoms with Gasteiger partial charge < -0.3 is 4.90 Å². The second-order valence-electron chi connectivity index (χ2n) is 6.90. The van der Waals surface area contributed by atoms with Crippen LogP contribution in [0.25, 0.3) is 0 Å². The average molecular weight is 463 g/mol. The van der Waals surface area contributed by atoms with Crippen LogP contribution in [0.15, 0.2) is 71.6 Å². The lowest BCUT2D eigenvalue weighted by atomic mass is 10.1. The van der Waals surface area contributed by atoms with Gasteiger partial charge in [0.15, 0.2) is 0 Å². The summed E-state index contributed by atoms with van der Waals surface area (Å²) < 4.78 is 28.2. The Labute approximate surface area is 186 Å². The van der Waals surface area contributed by atoms with Gasteiger partial charge in [0.05, 0.1) is 5.02 Å². The van der Waals surface area contributed by atoms with Crippen molar-refractivity contribution in [2.24, 2.45) is 0 Å². The van der Waals surface area contributed by atoms with Crippen molar-refractivity contribution in [3.8, 4) is 0 Å². The van der Waals surface area contributed by atoms with Crippen molar-refractivity contribution < 1.29 is 13.2 Å². The minimum atomic E-state index is -3.97. The average Bonchev–Trinajstić information content (AvgIpc) is 2.71. The number of carbonyl (C=O) groups excluding carboxylic acids is 1. The summed E-state index contributed by atoms with van der Waals surface area (Å²) in [5.74, 6) is -0.326. The Morgan fingerprint density at radius 2 is 1.60 bits per heavy atom. The first-order chi connectivity index (χ1) is 14.2. The predicted octanol–water partition coefficient (Wildman–Crippen LogP) is 5.37. The fraction of sp³-hybridized carbons (Fsp3) is 0.136. The predicted molar refractivity (Wildman–Crippen MR) is 121 cm³/mol. The number of hydrogen-bond acceptors (Lipinski definition) is 3. The molecule has 8 heteroatoms. The van der Waals surface area contributed by atoms with E-state index in [-0.39, 0.29) is 21.4 Å². The maximum absolute atomic E-state index is 12.8. The Bertz CT molecular complexity index is 1160. The number of carbonyl (C=O) groups is 1. The SMILES string of the molecule is Cc1ccc(NS(=O)(=O)c2cc(C(=O)N(C)Cc3ccc(Cl)cc3)ccc2Cl)cc1. The maximum Gasteiger partial charge on any atom is 0.263 e. The van der Waals surface area contributed by atoms with E-state index in [0.29, 0.717) is 17.3 Å². The molecule has 0 fully saturated rings. The molecular formula is C22H20Cl2N2O3S. The summed E-state index contributed by atoms with van der Waals surface area (Å²) in [4.78, 5) is 14.2. The molecule has 0 atom stereocenters. The van der Waals surface area contributed by atoms with Gasteiger partial charge in [-0.3, -0.25) is 9.52 Å². The quantitative estimate of drug-likeness (QED) is 0.534. The van der Waals surface area contributed by atoms with E-state index >= 15 is 0 Å². The van der Waals surface area contributed by atoms with Gasteiger partial charge in [-0.05, 0) is 55.0 Å². The Hall–Kier alpha value is -2.54. The van der Waals surface area contributed by atoms with Crippen molar-refractivity contribution in [2.75, 3.05) is 11.8 Å². The fourth-order valence-corrected chi connectivity index (χ4v) is 4.54. The summed E-state index contributed by atoms with van der Waals surface area (Å²) in [5.41, 5.74) is 2.54. The van der Waals surface area contributed by atoms with Crippen LogP contribution in [0.5, 0.6) is 0 Å². The zero-order valence-corrected chi connectivity index (χ0v) is 18.7. The van der Waals surface area contributed by atoms with E-state index in [1.54, 1.807) is 43.4 Å². The van der Waals surface area contributed by atoms with Gasteiger partial charge in [-0.2, -0.15) is 0 Å². The molecule has 1 N–H and O–H groups in total. The largest absolute Gasteiger partial charge is 0.337 e. The van der Waals surface area contributed by atoms with Gasteiger partial charge in [-0.15, -0.1) is 0 Å². The zero-order valence-electron chi connectivity index (χ0n) is 16.4. The van der Waals surface area contributed by atoms with Gasteiger partial charge >= 0.3 is 0 Å². The van der Waals surface area contributed by atoms with Crippen LogP contribution < -0.4 is 4.72 Å². The highest BCUT2D eigenvalue weighted by Crippen LogP contribution is 2.26. The molecule has 3 aromatic rings. The molecule has 0 unspecified atom stereocenters. The monoisotopic (exact) mass is 462 g/mol. The summed E-state index contributed by atoms with van der Waals surface area (Å²) in [7, 11) is -2.33. The van der Waals surface area contributed by atoms with Crippen LogP contribution in [-0.4, -0.2) is 26.3 Å². The molecule has 3 aromatic carbocycles. The van der Waals surface area contributed by atoms with Gasteiger partial charge in [-0.25, -0.2) is 8.42 Å². The number of hydrogen-bond donors (Lipinski definition) is 1. The number of rotatable bonds is 6. The minimum Gasteiger partial charge on any atom is -0.337 e. The first-order valence-electron chi connectivity index (χ1n) is 9.05. The highest BCUT2D eigenvalue weighted by Gasteiger charge is 2.22. The molecule has 0 radical (unpaired) electrons. The summed E-state index contributed by atoms with van der Waals surface area (Å²) in [6.07, 6.45) is 0. The van der Waals surface area contributed by atoms with E-state index < -0.39 is 10.0 Å². The standard InChI is InChI=1S/C22H20Cl2N2O3S/c1-15-3-10-19(11-4-15)25-30(28,29)21-13-17(7-12-20(21)24)22(27)26(2)14-16-5-8-18(23)9-6-16/h3-13,25H,14H2,1-2H3. The molecule has 30 heavy (non-hydrogen) atoms. The van der Waals surface area contributed by atoms with Crippen LogP contribution >= 0.6 is 23.2 Å². The molecule has 0 aromatic heterocycles. The van der Waals surface area contributed by atoms with Crippen LogP contribution in [0.3, 0.4) is 0 Å². The van der Waals surface area contributed by atoms with Crippen LogP contribution in [0.1, 0.15) is 21.5 Å². The second kappa shape index (κ2) is 9.08. The van der Waals surface area contributed by atoms with Gasteiger partial charge in [-0.1, -0.05) is 53.0 Å². The number of sulfonamides is 1. The topological polar surface area (TPSA) is 66.5 Å². The number of amides is 1. The lowest BCUT2D eigenvalue weighted by molar-refractivity contribution is 0.0785. The van der Waals surface area contributed by atoms with Crippen LogP contribution in [0.2, 0.25) is 10.0 Å². The lowest BCUT2D eigenvalue weighted by Gasteiger charge is -2.18. The molecule has 0 saturated heterocycles. The molecule has 0 spiro atoms. The third kappa shape index (κ3) is 5.33. The lowest BCUT2D eigenvalue weighted by Crippen LogP contribution is -2.26. The summed E-state index contributed by atoms with van der Waals surface area (Å²) in [5, 5.41) is 0.646. The normalized spacial score (nSPS) is 11.2. The van der Waals surface area contributed by atoms with E-state index in [1.165, 1.54) is 23.1 Å². The number of nitrogens with one attached hydrogen (secondary N) is 1. The van der Waals surface area contributed by atoms with E-state index in [9.17, 15) is 13.2 Å². The minimum absolute atomic E-state index is 0.0338. The molecule has 0 aliphatic rings. The second-order valence-corrected chi connectivity index (χ2v) is 9.40. The summed E-state index contributed by atoms with van der Waals surface area (Å²) in [6, 6.07) is 18.3. The number of benzene rings is 3. The highest BCUT2D eigenvalue weighted by molar-refractivity contribution is 7.92. The fourth-order valence-electron chi connectivity index (χ4n) is 2.83. The Morgan fingerprint density at radius 1 is 0.967 bits per heavy atom. The molecule has 0 aliphatic heterocycles. The van der Waals surface area contributed by atoms with Gasteiger partial charge in [0.1, 0.15) is 4.90 Å². The Morgan fingerprint density at radius 3 is 2.23 bits per heavy atom. The van der Waals surface area contributed by atoms with E-state index in [2.05, 4.69) is 4.72 Å². The van der Waals surface area contributed by atoms with Gasteiger partial charge in [0.25, 0.3) is 15.9 Å². The molecule has 0 saturated carbocycles.